The van der Waals surface area contributed by atoms with Crippen LogP contribution < -0.4 is 0 Å². The molecule has 0 aliphatic heterocycles. The van der Waals surface area contributed by atoms with E-state index in [0.717, 1.165) is 19.3 Å². The van der Waals surface area contributed by atoms with Crippen LogP contribution in [-0.4, -0.2) is 12.6 Å². The Hall–Kier alpha value is -0.790. The van der Waals surface area contributed by atoms with E-state index in [1.54, 1.807) is 0 Å². The highest BCUT2D eigenvalue weighted by atomic mass is 16.5. The largest absolute Gasteiger partial charge is 0.466 e. The maximum atomic E-state index is 10.5. The summed E-state index contributed by atoms with van der Waals surface area (Å²) in [4.78, 5) is 10.5. The number of carbonyl (C=O) groups is 1. The number of carbonyl (C=O) groups excluding carboxylic acids is 1. The monoisotopic (exact) mass is 198 g/mol. The van der Waals surface area contributed by atoms with Crippen LogP contribution in [0, 0.1) is 5.92 Å². The normalized spacial score (nSPS) is 13.9. The summed E-state index contributed by atoms with van der Waals surface area (Å²) in [6.45, 7) is 8.50. The molecular weight excluding hydrogens is 176 g/mol. The van der Waals surface area contributed by atoms with E-state index in [4.69, 9.17) is 4.74 Å². The maximum Gasteiger partial charge on any atom is 0.302 e. The van der Waals surface area contributed by atoms with Gasteiger partial charge in [-0.3, -0.25) is 4.79 Å². The molecule has 0 saturated heterocycles. The summed E-state index contributed by atoms with van der Waals surface area (Å²) in [7, 11) is 0. The van der Waals surface area contributed by atoms with E-state index in [1.165, 1.54) is 12.5 Å². The minimum atomic E-state index is -0.182. The second-order valence-corrected chi connectivity index (χ2v) is 3.90. The first-order valence-corrected chi connectivity index (χ1v) is 5.35. The predicted octanol–water partition coefficient (Wildman–Crippen LogP) is 3.32. The molecule has 0 fully saturated rings. The van der Waals surface area contributed by atoms with Gasteiger partial charge in [-0.15, -0.1) is 0 Å². The number of rotatable bonds is 6. The molecule has 0 spiro atoms. The van der Waals surface area contributed by atoms with E-state index in [2.05, 4.69) is 26.8 Å². The van der Waals surface area contributed by atoms with Crippen LogP contribution in [0.15, 0.2) is 11.6 Å². The van der Waals surface area contributed by atoms with Crippen LogP contribution in [0.4, 0.5) is 0 Å². The number of esters is 1. The van der Waals surface area contributed by atoms with E-state index in [1.807, 2.05) is 0 Å². The van der Waals surface area contributed by atoms with Gasteiger partial charge in [0.25, 0.3) is 0 Å². The van der Waals surface area contributed by atoms with E-state index in [0.29, 0.717) is 12.5 Å². The van der Waals surface area contributed by atoms with Crippen molar-refractivity contribution in [2.75, 3.05) is 6.61 Å². The molecule has 0 heterocycles. The minimum Gasteiger partial charge on any atom is -0.466 e. The van der Waals surface area contributed by atoms with Crippen molar-refractivity contribution in [1.29, 1.82) is 0 Å². The predicted molar refractivity (Wildman–Crippen MR) is 59.1 cm³/mol. The van der Waals surface area contributed by atoms with Crippen LogP contribution in [0.25, 0.3) is 0 Å². The average Bonchev–Trinajstić information content (AvgIpc) is 2.03. The highest BCUT2D eigenvalue weighted by molar-refractivity contribution is 5.65. The third kappa shape index (κ3) is 7.84. The molecule has 0 aliphatic carbocycles. The van der Waals surface area contributed by atoms with Crippen molar-refractivity contribution in [3.8, 4) is 0 Å². The van der Waals surface area contributed by atoms with Crippen molar-refractivity contribution >= 4 is 5.97 Å². The third-order valence-electron chi connectivity index (χ3n) is 2.14. The van der Waals surface area contributed by atoms with Gasteiger partial charge in [0, 0.05) is 6.92 Å². The lowest BCUT2D eigenvalue weighted by Crippen LogP contribution is -2.05. The van der Waals surface area contributed by atoms with E-state index in [9.17, 15) is 4.79 Å². The molecule has 0 rings (SSSR count). The standard InChI is InChI=1S/C12H22O2/c1-5-6-10(2)9-11(3)7-8-14-12(4)13/h6,11H,5,7-9H2,1-4H3. The fourth-order valence-corrected chi connectivity index (χ4v) is 1.49. The molecule has 0 aromatic rings. The van der Waals surface area contributed by atoms with Crippen LogP contribution in [0.2, 0.25) is 0 Å². The molecule has 2 heteroatoms. The summed E-state index contributed by atoms with van der Waals surface area (Å²) < 4.78 is 4.90. The summed E-state index contributed by atoms with van der Waals surface area (Å²) in [6, 6.07) is 0. The fraction of sp³-hybridized carbons (Fsp3) is 0.750. The van der Waals surface area contributed by atoms with Crippen molar-refractivity contribution in [2.24, 2.45) is 5.92 Å². The van der Waals surface area contributed by atoms with Crippen molar-refractivity contribution in [2.45, 2.75) is 47.0 Å². The maximum absolute atomic E-state index is 10.5. The molecule has 0 aliphatic rings. The zero-order chi connectivity index (χ0) is 11.0. The quantitative estimate of drug-likeness (QED) is 0.483. The van der Waals surface area contributed by atoms with Crippen molar-refractivity contribution in [3.05, 3.63) is 11.6 Å². The van der Waals surface area contributed by atoms with Crippen LogP contribution in [0.5, 0.6) is 0 Å². The molecule has 0 N–H and O–H groups in total. The Morgan fingerprint density at radius 3 is 2.57 bits per heavy atom. The third-order valence-corrected chi connectivity index (χ3v) is 2.14. The van der Waals surface area contributed by atoms with Gasteiger partial charge >= 0.3 is 5.97 Å². The summed E-state index contributed by atoms with van der Waals surface area (Å²) in [6.07, 6.45) is 5.41. The molecule has 1 unspecified atom stereocenters. The van der Waals surface area contributed by atoms with Gasteiger partial charge in [0.15, 0.2) is 0 Å². The Morgan fingerprint density at radius 1 is 1.43 bits per heavy atom. The Kier molecular flexibility index (Phi) is 7.17. The second-order valence-electron chi connectivity index (χ2n) is 3.90. The highest BCUT2D eigenvalue weighted by Crippen LogP contribution is 2.14. The van der Waals surface area contributed by atoms with Crippen LogP contribution in [0.1, 0.15) is 47.0 Å². The van der Waals surface area contributed by atoms with Crippen molar-refractivity contribution in [3.63, 3.8) is 0 Å². The number of ether oxygens (including phenoxy) is 1. The van der Waals surface area contributed by atoms with Crippen LogP contribution in [0.3, 0.4) is 0 Å². The molecule has 1 atom stereocenters. The molecular formula is C12H22O2. The van der Waals surface area contributed by atoms with E-state index in [-0.39, 0.29) is 5.97 Å². The lowest BCUT2D eigenvalue weighted by atomic mass is 9.99. The van der Waals surface area contributed by atoms with Gasteiger partial charge in [-0.1, -0.05) is 25.5 Å². The Labute approximate surface area is 87.3 Å². The molecule has 0 bridgehead atoms. The Balaban J connectivity index is 3.59. The number of hydrogen-bond acceptors (Lipinski definition) is 2. The topological polar surface area (TPSA) is 26.3 Å². The molecule has 82 valence electrons. The zero-order valence-electron chi connectivity index (χ0n) is 9.80. The van der Waals surface area contributed by atoms with Gasteiger partial charge in [-0.2, -0.15) is 0 Å². The lowest BCUT2D eigenvalue weighted by Gasteiger charge is -2.11. The molecule has 0 saturated carbocycles. The first kappa shape index (κ1) is 13.2. The summed E-state index contributed by atoms with van der Waals surface area (Å²) in [5, 5.41) is 0. The van der Waals surface area contributed by atoms with Gasteiger partial charge in [0.2, 0.25) is 0 Å². The summed E-state index contributed by atoms with van der Waals surface area (Å²) in [5.41, 5.74) is 1.43. The summed E-state index contributed by atoms with van der Waals surface area (Å²) >= 11 is 0. The Morgan fingerprint density at radius 2 is 2.07 bits per heavy atom. The van der Waals surface area contributed by atoms with Gasteiger partial charge < -0.3 is 4.74 Å². The molecule has 0 radical (unpaired) electrons. The lowest BCUT2D eigenvalue weighted by molar-refractivity contribution is -0.141. The SMILES string of the molecule is CCC=C(C)CC(C)CCOC(C)=O. The molecule has 0 aromatic heterocycles. The van der Waals surface area contributed by atoms with E-state index < -0.39 is 0 Å². The summed E-state index contributed by atoms with van der Waals surface area (Å²) in [5.74, 6) is 0.412. The van der Waals surface area contributed by atoms with Gasteiger partial charge in [0.1, 0.15) is 0 Å². The van der Waals surface area contributed by atoms with Crippen LogP contribution in [-0.2, 0) is 9.53 Å². The zero-order valence-corrected chi connectivity index (χ0v) is 9.80. The van der Waals surface area contributed by atoms with Crippen LogP contribution >= 0.6 is 0 Å². The molecule has 2 nitrogen and oxygen atoms in total. The second kappa shape index (κ2) is 7.60. The minimum absolute atomic E-state index is 0.182. The van der Waals surface area contributed by atoms with Gasteiger partial charge in [0.05, 0.1) is 6.61 Å². The number of hydrogen-bond donors (Lipinski definition) is 0. The first-order chi connectivity index (χ1) is 6.56. The molecule has 0 aromatic carbocycles. The smallest absolute Gasteiger partial charge is 0.302 e. The molecule has 14 heavy (non-hydrogen) atoms. The van der Waals surface area contributed by atoms with Crippen molar-refractivity contribution < 1.29 is 9.53 Å². The van der Waals surface area contributed by atoms with Gasteiger partial charge in [-0.05, 0) is 32.1 Å². The highest BCUT2D eigenvalue weighted by Gasteiger charge is 2.03. The van der Waals surface area contributed by atoms with Crippen molar-refractivity contribution in [1.82, 2.24) is 0 Å². The fourth-order valence-electron chi connectivity index (χ4n) is 1.49. The number of allylic oxidation sites excluding steroid dienone is 2. The first-order valence-electron chi connectivity index (χ1n) is 5.35. The van der Waals surface area contributed by atoms with Gasteiger partial charge in [-0.25, -0.2) is 0 Å². The average molecular weight is 198 g/mol. The van der Waals surface area contributed by atoms with E-state index >= 15 is 0 Å². The Bertz CT molecular complexity index is 194. The molecule has 0 amide bonds.